The van der Waals surface area contributed by atoms with Crippen molar-refractivity contribution in [2.45, 2.75) is 6.92 Å². The van der Waals surface area contributed by atoms with Crippen LogP contribution in [0.25, 0.3) is 0 Å². The van der Waals surface area contributed by atoms with E-state index < -0.39 is 11.8 Å². The summed E-state index contributed by atoms with van der Waals surface area (Å²) in [6.45, 7) is 1.81. The second-order valence-corrected chi connectivity index (χ2v) is 7.17. The van der Waals surface area contributed by atoms with E-state index in [0.717, 1.165) is 5.56 Å². The largest absolute Gasteiger partial charge is 0.493 e. The van der Waals surface area contributed by atoms with Crippen molar-refractivity contribution in [2.24, 2.45) is 0 Å². The van der Waals surface area contributed by atoms with E-state index in [-0.39, 0.29) is 17.0 Å². The Hall–Kier alpha value is -4.53. The van der Waals surface area contributed by atoms with Crippen molar-refractivity contribution in [1.29, 1.82) is 0 Å². The third-order valence-electron chi connectivity index (χ3n) is 5.00. The highest BCUT2D eigenvalue weighted by atomic mass is 16.5. The van der Waals surface area contributed by atoms with E-state index in [1.165, 1.54) is 39.5 Å². The van der Waals surface area contributed by atoms with Crippen molar-refractivity contribution < 1.29 is 28.6 Å². The molecule has 0 aliphatic heterocycles. The predicted octanol–water partition coefficient (Wildman–Crippen LogP) is 3.35. The summed E-state index contributed by atoms with van der Waals surface area (Å²) in [4.78, 5) is 37.7. The molecule has 0 aliphatic rings. The van der Waals surface area contributed by atoms with Gasteiger partial charge in [-0.25, -0.2) is 0 Å². The molecular formula is C25H25N3O6. The fourth-order valence-corrected chi connectivity index (χ4v) is 3.15. The maximum Gasteiger partial charge on any atom is 0.269 e. The van der Waals surface area contributed by atoms with Gasteiger partial charge in [-0.2, -0.15) is 0 Å². The molecule has 3 rings (SSSR count). The predicted molar refractivity (Wildman–Crippen MR) is 127 cm³/mol. The molecule has 9 nitrogen and oxygen atoms in total. The quantitative estimate of drug-likeness (QED) is 0.463. The van der Waals surface area contributed by atoms with Gasteiger partial charge in [0.2, 0.25) is 5.75 Å². The first-order chi connectivity index (χ1) is 16.4. The van der Waals surface area contributed by atoms with Crippen LogP contribution in [0.5, 0.6) is 17.2 Å². The van der Waals surface area contributed by atoms with Gasteiger partial charge in [-0.05, 0) is 48.9 Å². The van der Waals surface area contributed by atoms with Gasteiger partial charge in [0.25, 0.3) is 17.7 Å². The lowest BCUT2D eigenvalue weighted by atomic mass is 10.1. The van der Waals surface area contributed by atoms with Gasteiger partial charge < -0.3 is 19.5 Å². The summed E-state index contributed by atoms with van der Waals surface area (Å²) in [5, 5.41) is 2.80. The number of hydrogen-bond donors (Lipinski definition) is 3. The van der Waals surface area contributed by atoms with Gasteiger partial charge in [-0.15, -0.1) is 0 Å². The first-order valence-electron chi connectivity index (χ1n) is 10.3. The summed E-state index contributed by atoms with van der Waals surface area (Å²) in [6, 6.07) is 16.5. The Balaban J connectivity index is 1.71. The third kappa shape index (κ3) is 5.44. The SMILES string of the molecule is COc1cc(C(=O)NNC(=O)c2ccc(C)c(NC(=O)c3ccccc3)c2)cc(OC)c1OC. The number of aryl methyl sites for hydroxylation is 1. The molecule has 0 heterocycles. The molecule has 0 aromatic heterocycles. The average Bonchev–Trinajstić information content (AvgIpc) is 2.87. The molecule has 0 saturated carbocycles. The number of benzene rings is 3. The van der Waals surface area contributed by atoms with Crippen LogP contribution in [-0.4, -0.2) is 39.1 Å². The van der Waals surface area contributed by atoms with E-state index in [2.05, 4.69) is 16.2 Å². The van der Waals surface area contributed by atoms with Crippen LogP contribution >= 0.6 is 0 Å². The van der Waals surface area contributed by atoms with E-state index in [9.17, 15) is 14.4 Å². The van der Waals surface area contributed by atoms with Gasteiger partial charge in [-0.3, -0.25) is 25.2 Å². The summed E-state index contributed by atoms with van der Waals surface area (Å²) >= 11 is 0. The number of nitrogens with one attached hydrogen (secondary N) is 3. The second-order valence-electron chi connectivity index (χ2n) is 7.17. The highest BCUT2D eigenvalue weighted by Crippen LogP contribution is 2.38. The molecule has 3 aromatic rings. The number of carbonyl (C=O) groups excluding carboxylic acids is 3. The van der Waals surface area contributed by atoms with Crippen LogP contribution in [-0.2, 0) is 0 Å². The van der Waals surface area contributed by atoms with Crippen LogP contribution in [0.2, 0.25) is 0 Å². The fourth-order valence-electron chi connectivity index (χ4n) is 3.15. The number of carbonyl (C=O) groups is 3. The number of anilines is 1. The molecular weight excluding hydrogens is 438 g/mol. The van der Waals surface area contributed by atoms with Crippen molar-refractivity contribution >= 4 is 23.4 Å². The van der Waals surface area contributed by atoms with E-state index in [0.29, 0.717) is 28.5 Å². The summed E-state index contributed by atoms with van der Waals surface area (Å²) in [6.07, 6.45) is 0. The van der Waals surface area contributed by atoms with Gasteiger partial charge in [0.05, 0.1) is 21.3 Å². The molecule has 3 amide bonds. The molecule has 0 fully saturated rings. The van der Waals surface area contributed by atoms with Gasteiger partial charge >= 0.3 is 0 Å². The Bertz CT molecular complexity index is 1190. The normalized spacial score (nSPS) is 10.1. The lowest BCUT2D eigenvalue weighted by Gasteiger charge is -2.14. The van der Waals surface area contributed by atoms with Crippen molar-refractivity contribution in [3.8, 4) is 17.2 Å². The number of amides is 3. The Morgan fingerprint density at radius 3 is 1.79 bits per heavy atom. The van der Waals surface area contributed by atoms with Crippen LogP contribution in [0.3, 0.4) is 0 Å². The third-order valence-corrected chi connectivity index (χ3v) is 5.00. The van der Waals surface area contributed by atoms with Crippen molar-refractivity contribution in [3.05, 3.63) is 82.9 Å². The van der Waals surface area contributed by atoms with E-state index in [4.69, 9.17) is 14.2 Å². The first kappa shape index (κ1) is 24.1. The van der Waals surface area contributed by atoms with Gasteiger partial charge in [0.15, 0.2) is 11.5 Å². The molecule has 9 heteroatoms. The standard InChI is InChI=1S/C25H25N3O6/c1-15-10-11-17(12-19(15)26-23(29)16-8-6-5-7-9-16)24(30)27-28-25(31)18-13-20(32-2)22(34-4)21(14-18)33-3/h5-14H,1-4H3,(H,26,29)(H,27,30)(H,28,31). The fraction of sp³-hybridized carbons (Fsp3) is 0.160. The number of hydrogen-bond acceptors (Lipinski definition) is 6. The summed E-state index contributed by atoms with van der Waals surface area (Å²) in [7, 11) is 4.33. The maximum absolute atomic E-state index is 12.6. The zero-order valence-electron chi connectivity index (χ0n) is 19.2. The van der Waals surface area contributed by atoms with Gasteiger partial charge in [0, 0.05) is 22.4 Å². The Labute approximate surface area is 197 Å². The maximum atomic E-state index is 12.6. The topological polar surface area (TPSA) is 115 Å². The number of hydrazine groups is 1. The molecule has 0 spiro atoms. The van der Waals surface area contributed by atoms with Gasteiger partial charge in [-0.1, -0.05) is 24.3 Å². The molecule has 0 saturated heterocycles. The number of ether oxygens (including phenoxy) is 3. The highest BCUT2D eigenvalue weighted by Gasteiger charge is 2.18. The van der Waals surface area contributed by atoms with Crippen molar-refractivity contribution in [2.75, 3.05) is 26.6 Å². The van der Waals surface area contributed by atoms with Gasteiger partial charge in [0.1, 0.15) is 0 Å². The Kier molecular flexibility index (Phi) is 7.71. The molecule has 0 aliphatic carbocycles. The molecule has 0 bridgehead atoms. The van der Waals surface area contributed by atoms with Crippen LogP contribution < -0.4 is 30.4 Å². The minimum atomic E-state index is -0.586. The summed E-state index contributed by atoms with van der Waals surface area (Å²) in [5.41, 5.74) is 6.93. The molecule has 3 aromatic carbocycles. The highest BCUT2D eigenvalue weighted by molar-refractivity contribution is 6.06. The van der Waals surface area contributed by atoms with Crippen LogP contribution in [0, 0.1) is 6.92 Å². The van der Waals surface area contributed by atoms with Crippen LogP contribution in [0.1, 0.15) is 36.6 Å². The molecule has 0 unspecified atom stereocenters. The minimum absolute atomic E-state index is 0.189. The minimum Gasteiger partial charge on any atom is -0.493 e. The second kappa shape index (κ2) is 10.9. The molecule has 3 N–H and O–H groups in total. The molecule has 0 atom stereocenters. The lowest BCUT2D eigenvalue weighted by Crippen LogP contribution is -2.41. The van der Waals surface area contributed by atoms with E-state index in [1.807, 2.05) is 13.0 Å². The molecule has 34 heavy (non-hydrogen) atoms. The van der Waals surface area contributed by atoms with E-state index >= 15 is 0 Å². The lowest BCUT2D eigenvalue weighted by molar-refractivity contribution is 0.0846. The Morgan fingerprint density at radius 1 is 0.647 bits per heavy atom. The van der Waals surface area contributed by atoms with Crippen molar-refractivity contribution in [1.82, 2.24) is 10.9 Å². The number of methoxy groups -OCH3 is 3. The van der Waals surface area contributed by atoms with Crippen molar-refractivity contribution in [3.63, 3.8) is 0 Å². The molecule has 0 radical (unpaired) electrons. The monoisotopic (exact) mass is 463 g/mol. The summed E-state index contributed by atoms with van der Waals surface area (Å²) < 4.78 is 15.7. The number of rotatable bonds is 7. The Morgan fingerprint density at radius 2 is 1.24 bits per heavy atom. The zero-order valence-corrected chi connectivity index (χ0v) is 19.2. The first-order valence-corrected chi connectivity index (χ1v) is 10.3. The summed E-state index contributed by atoms with van der Waals surface area (Å²) in [5.74, 6) is -0.494. The van der Waals surface area contributed by atoms with Crippen LogP contribution in [0.4, 0.5) is 5.69 Å². The smallest absolute Gasteiger partial charge is 0.269 e. The average molecular weight is 463 g/mol. The molecule has 176 valence electrons. The zero-order chi connectivity index (χ0) is 24.7. The van der Waals surface area contributed by atoms with E-state index in [1.54, 1.807) is 36.4 Å². The van der Waals surface area contributed by atoms with Crippen LogP contribution in [0.15, 0.2) is 60.7 Å².